The first-order valence-corrected chi connectivity index (χ1v) is 8.79. The molecule has 0 saturated carbocycles. The lowest BCUT2D eigenvalue weighted by Gasteiger charge is -2.05. The van der Waals surface area contributed by atoms with Gasteiger partial charge in [0.25, 0.3) is 10.0 Å². The van der Waals surface area contributed by atoms with Crippen molar-refractivity contribution in [3.05, 3.63) is 34.7 Å². The standard InChI is InChI=1S/C11H10N4O2S3/c12-5-9-10(7-3-1-2-4-8(7)19-9)20(16,17)15-11-14-13-6-18-11/h1-4,6H,5,12H2,(H,14,15). The van der Waals surface area contributed by atoms with Gasteiger partial charge in [0.2, 0.25) is 5.13 Å². The summed E-state index contributed by atoms with van der Waals surface area (Å²) in [6, 6.07) is 7.33. The highest BCUT2D eigenvalue weighted by Gasteiger charge is 2.24. The van der Waals surface area contributed by atoms with Crippen LogP contribution in [0.25, 0.3) is 10.1 Å². The molecular formula is C11H10N4O2S3. The van der Waals surface area contributed by atoms with E-state index in [1.54, 1.807) is 12.1 Å². The average molecular weight is 326 g/mol. The first kappa shape index (κ1) is 13.4. The maximum absolute atomic E-state index is 12.5. The molecule has 0 amide bonds. The van der Waals surface area contributed by atoms with Crippen molar-refractivity contribution in [1.82, 2.24) is 10.2 Å². The first-order valence-electron chi connectivity index (χ1n) is 5.61. The largest absolute Gasteiger partial charge is 0.326 e. The summed E-state index contributed by atoms with van der Waals surface area (Å²) in [5.41, 5.74) is 7.14. The zero-order valence-corrected chi connectivity index (χ0v) is 12.6. The minimum atomic E-state index is -3.72. The molecule has 2 aromatic heterocycles. The lowest BCUT2D eigenvalue weighted by molar-refractivity contribution is 0.601. The number of nitrogens with two attached hydrogens (primary N) is 1. The molecule has 0 bridgehead atoms. The summed E-state index contributed by atoms with van der Waals surface area (Å²) in [4.78, 5) is 0.860. The summed E-state index contributed by atoms with van der Waals surface area (Å²) < 4.78 is 28.4. The maximum Gasteiger partial charge on any atom is 0.265 e. The van der Waals surface area contributed by atoms with Gasteiger partial charge in [-0.25, -0.2) is 8.42 Å². The lowest BCUT2D eigenvalue weighted by Crippen LogP contribution is -2.15. The Hall–Kier alpha value is -1.55. The minimum Gasteiger partial charge on any atom is -0.326 e. The normalized spacial score (nSPS) is 11.8. The number of aromatic nitrogens is 2. The Bertz CT molecular complexity index is 840. The third kappa shape index (κ3) is 2.29. The molecule has 0 aliphatic heterocycles. The predicted molar refractivity (Wildman–Crippen MR) is 80.4 cm³/mol. The van der Waals surface area contributed by atoms with E-state index >= 15 is 0 Å². The van der Waals surface area contributed by atoms with Crippen LogP contribution in [0.2, 0.25) is 0 Å². The van der Waals surface area contributed by atoms with Gasteiger partial charge < -0.3 is 5.73 Å². The van der Waals surface area contributed by atoms with Crippen molar-refractivity contribution in [2.75, 3.05) is 4.72 Å². The zero-order chi connectivity index (χ0) is 14.2. The van der Waals surface area contributed by atoms with Crippen LogP contribution >= 0.6 is 22.7 Å². The van der Waals surface area contributed by atoms with E-state index in [0.717, 1.165) is 16.0 Å². The number of nitrogens with one attached hydrogen (secondary N) is 1. The fourth-order valence-corrected chi connectivity index (χ4v) is 5.42. The van der Waals surface area contributed by atoms with Crippen LogP contribution in [0.1, 0.15) is 4.88 Å². The highest BCUT2D eigenvalue weighted by Crippen LogP contribution is 2.35. The van der Waals surface area contributed by atoms with Gasteiger partial charge in [0.15, 0.2) is 0 Å². The van der Waals surface area contributed by atoms with E-state index in [0.29, 0.717) is 10.3 Å². The van der Waals surface area contributed by atoms with E-state index in [2.05, 4.69) is 14.9 Å². The van der Waals surface area contributed by atoms with Crippen LogP contribution in [0.4, 0.5) is 5.13 Å². The molecule has 2 heterocycles. The monoisotopic (exact) mass is 326 g/mol. The molecule has 0 radical (unpaired) electrons. The number of anilines is 1. The summed E-state index contributed by atoms with van der Waals surface area (Å²) in [6.45, 7) is 0.172. The van der Waals surface area contributed by atoms with Crippen LogP contribution in [0.3, 0.4) is 0 Å². The summed E-state index contributed by atoms with van der Waals surface area (Å²) >= 11 is 2.51. The molecular weight excluding hydrogens is 316 g/mol. The van der Waals surface area contributed by atoms with Crippen molar-refractivity contribution in [2.24, 2.45) is 5.73 Å². The molecule has 6 nitrogen and oxygen atoms in total. The Morgan fingerprint density at radius 1 is 1.30 bits per heavy atom. The van der Waals surface area contributed by atoms with Gasteiger partial charge >= 0.3 is 0 Å². The molecule has 3 rings (SSSR count). The van der Waals surface area contributed by atoms with Crippen LogP contribution in [0, 0.1) is 0 Å². The maximum atomic E-state index is 12.5. The second-order valence-corrected chi connectivity index (χ2v) is 7.49. The number of hydrogen-bond acceptors (Lipinski definition) is 7. The Kier molecular flexibility index (Phi) is 3.42. The fraction of sp³-hybridized carbons (Fsp3) is 0.0909. The topological polar surface area (TPSA) is 98.0 Å². The van der Waals surface area contributed by atoms with Crippen molar-refractivity contribution < 1.29 is 8.42 Å². The van der Waals surface area contributed by atoms with Crippen LogP contribution in [-0.4, -0.2) is 18.6 Å². The van der Waals surface area contributed by atoms with Gasteiger partial charge in [-0.1, -0.05) is 29.5 Å². The molecule has 20 heavy (non-hydrogen) atoms. The Labute approximate surface area is 123 Å². The molecule has 0 aliphatic carbocycles. The highest BCUT2D eigenvalue weighted by molar-refractivity contribution is 7.93. The van der Waals surface area contributed by atoms with Crippen molar-refractivity contribution in [3.8, 4) is 0 Å². The molecule has 0 unspecified atom stereocenters. The Morgan fingerprint density at radius 3 is 2.80 bits per heavy atom. The molecule has 3 aromatic rings. The van der Waals surface area contributed by atoms with Crippen molar-refractivity contribution in [1.29, 1.82) is 0 Å². The number of benzene rings is 1. The van der Waals surface area contributed by atoms with E-state index in [1.807, 2.05) is 12.1 Å². The number of nitrogens with zero attached hydrogens (tertiary/aromatic N) is 2. The van der Waals surface area contributed by atoms with Gasteiger partial charge in [0.1, 0.15) is 10.4 Å². The highest BCUT2D eigenvalue weighted by atomic mass is 32.2. The van der Waals surface area contributed by atoms with Gasteiger partial charge in [0, 0.05) is 21.5 Å². The summed E-state index contributed by atoms with van der Waals surface area (Å²) in [6.07, 6.45) is 0. The average Bonchev–Trinajstić information content (AvgIpc) is 3.04. The number of fused-ring (bicyclic) bond motifs is 1. The summed E-state index contributed by atoms with van der Waals surface area (Å²) in [5, 5.41) is 8.22. The second-order valence-electron chi connectivity index (χ2n) is 3.90. The molecule has 0 atom stereocenters. The van der Waals surface area contributed by atoms with E-state index < -0.39 is 10.0 Å². The summed E-state index contributed by atoms with van der Waals surface area (Å²) in [5.74, 6) is 0. The molecule has 0 saturated heterocycles. The smallest absolute Gasteiger partial charge is 0.265 e. The molecule has 0 fully saturated rings. The van der Waals surface area contributed by atoms with E-state index in [9.17, 15) is 8.42 Å². The fourth-order valence-electron chi connectivity index (χ4n) is 1.89. The second kappa shape index (κ2) is 5.09. The van der Waals surface area contributed by atoms with E-state index in [4.69, 9.17) is 5.73 Å². The van der Waals surface area contributed by atoms with Crippen molar-refractivity contribution in [3.63, 3.8) is 0 Å². The number of sulfonamides is 1. The first-order chi connectivity index (χ1) is 9.62. The molecule has 0 aliphatic rings. The van der Waals surface area contributed by atoms with Crippen LogP contribution in [0.15, 0.2) is 34.7 Å². The molecule has 9 heteroatoms. The van der Waals surface area contributed by atoms with Crippen LogP contribution in [-0.2, 0) is 16.6 Å². The van der Waals surface area contributed by atoms with Gasteiger partial charge in [-0.05, 0) is 6.07 Å². The number of thiophene rings is 1. The molecule has 0 spiro atoms. The van der Waals surface area contributed by atoms with Gasteiger partial charge in [-0.3, -0.25) is 4.72 Å². The van der Waals surface area contributed by atoms with Crippen molar-refractivity contribution in [2.45, 2.75) is 11.4 Å². The van der Waals surface area contributed by atoms with Gasteiger partial charge in [-0.15, -0.1) is 21.5 Å². The van der Waals surface area contributed by atoms with Gasteiger partial charge in [-0.2, -0.15) is 0 Å². The number of hydrogen-bond donors (Lipinski definition) is 2. The Morgan fingerprint density at radius 2 is 2.10 bits per heavy atom. The third-order valence-electron chi connectivity index (χ3n) is 2.65. The quantitative estimate of drug-likeness (QED) is 0.764. The van der Waals surface area contributed by atoms with E-state index in [1.165, 1.54) is 16.8 Å². The molecule has 3 N–H and O–H groups in total. The van der Waals surface area contributed by atoms with Crippen LogP contribution in [0.5, 0.6) is 0 Å². The predicted octanol–water partition coefficient (Wildman–Crippen LogP) is 2.01. The molecule has 104 valence electrons. The lowest BCUT2D eigenvalue weighted by atomic mass is 10.2. The zero-order valence-electron chi connectivity index (χ0n) is 10.1. The number of rotatable bonds is 4. The molecule has 1 aromatic carbocycles. The minimum absolute atomic E-state index is 0.172. The van der Waals surface area contributed by atoms with E-state index in [-0.39, 0.29) is 16.6 Å². The van der Waals surface area contributed by atoms with Crippen molar-refractivity contribution >= 4 is 47.9 Å². The SMILES string of the molecule is NCc1sc2ccccc2c1S(=O)(=O)Nc1nncs1. The summed E-state index contributed by atoms with van der Waals surface area (Å²) in [7, 11) is -3.72. The van der Waals surface area contributed by atoms with Gasteiger partial charge in [0.05, 0.1) is 0 Å². The van der Waals surface area contributed by atoms with Crippen LogP contribution < -0.4 is 10.5 Å². The Balaban J connectivity index is 2.17. The third-order valence-corrected chi connectivity index (χ3v) is 6.18.